The molecule has 7 nitrogen and oxygen atoms in total. The lowest BCUT2D eigenvalue weighted by molar-refractivity contribution is 0.0949. The molecule has 0 radical (unpaired) electrons. The number of fused-ring (bicyclic) bond motifs is 1. The number of ether oxygens (including phenoxy) is 1. The van der Waals surface area contributed by atoms with Crippen LogP contribution in [-0.2, 0) is 13.0 Å². The molecule has 0 saturated heterocycles. The summed E-state index contributed by atoms with van der Waals surface area (Å²) in [5, 5.41) is 2.72. The minimum absolute atomic E-state index is 0.0675. The average molecular weight is 392 g/mol. The zero-order valence-corrected chi connectivity index (χ0v) is 15.9. The van der Waals surface area contributed by atoms with Gasteiger partial charge in [-0.05, 0) is 42.3 Å². The van der Waals surface area contributed by atoms with E-state index in [1.54, 1.807) is 31.6 Å². The second-order valence-corrected chi connectivity index (χ2v) is 6.98. The molecule has 1 atom stereocenters. The third kappa shape index (κ3) is 3.85. The van der Waals surface area contributed by atoms with Crippen LogP contribution >= 0.6 is 0 Å². The molecule has 1 amide bonds. The molecule has 1 aliphatic rings. The van der Waals surface area contributed by atoms with Gasteiger partial charge < -0.3 is 19.5 Å². The Kier molecular flexibility index (Phi) is 5.03. The Hall–Kier alpha value is -3.61. The van der Waals surface area contributed by atoms with Crippen molar-refractivity contribution < 1.29 is 18.7 Å². The second kappa shape index (κ2) is 7.79. The molecule has 0 bridgehead atoms. The molecule has 4 rings (SSSR count). The lowest BCUT2D eigenvalue weighted by Gasteiger charge is -2.22. The number of amides is 1. The van der Waals surface area contributed by atoms with Gasteiger partial charge in [0.25, 0.3) is 11.5 Å². The number of methoxy groups -OCH3 is 1. The van der Waals surface area contributed by atoms with Gasteiger partial charge in [-0.1, -0.05) is 12.1 Å². The number of aromatic nitrogens is 1. The largest absolute Gasteiger partial charge is 0.497 e. The van der Waals surface area contributed by atoms with Gasteiger partial charge in [-0.15, -0.1) is 0 Å². The maximum absolute atomic E-state index is 12.6. The van der Waals surface area contributed by atoms with E-state index in [-0.39, 0.29) is 30.2 Å². The third-order valence-corrected chi connectivity index (χ3v) is 5.11. The van der Waals surface area contributed by atoms with E-state index in [1.807, 2.05) is 18.2 Å². The Morgan fingerprint density at radius 2 is 2.00 bits per heavy atom. The fraction of sp³-hybridized carbons (Fsp3) is 0.227. The van der Waals surface area contributed by atoms with Crippen LogP contribution in [0.25, 0.3) is 0 Å². The van der Waals surface area contributed by atoms with Crippen LogP contribution in [0.2, 0.25) is 0 Å². The van der Waals surface area contributed by atoms with Crippen LogP contribution in [0.4, 0.5) is 0 Å². The number of benzene rings is 1. The summed E-state index contributed by atoms with van der Waals surface area (Å²) >= 11 is 0. The molecule has 148 valence electrons. The van der Waals surface area contributed by atoms with Crippen LogP contribution in [-0.4, -0.2) is 23.8 Å². The lowest BCUT2D eigenvalue weighted by Crippen LogP contribution is -2.32. The molecule has 2 heterocycles. The highest BCUT2D eigenvalue weighted by atomic mass is 16.5. The molecule has 0 unspecified atom stereocenters. The minimum atomic E-state index is -0.522. The van der Waals surface area contributed by atoms with E-state index >= 15 is 0 Å². The molecule has 0 spiro atoms. The summed E-state index contributed by atoms with van der Waals surface area (Å²) in [7, 11) is 1.58. The van der Waals surface area contributed by atoms with E-state index in [1.165, 1.54) is 6.07 Å². The van der Waals surface area contributed by atoms with Gasteiger partial charge in [-0.2, -0.15) is 0 Å². The number of hydrogen-bond donors (Lipinski definition) is 2. The first-order valence-corrected chi connectivity index (χ1v) is 9.29. The Labute approximate surface area is 166 Å². The maximum Gasteiger partial charge on any atom is 0.261 e. The van der Waals surface area contributed by atoms with Crippen molar-refractivity contribution >= 4 is 11.7 Å². The van der Waals surface area contributed by atoms with Crippen molar-refractivity contribution in [3.63, 3.8) is 0 Å². The standard InChI is InChI=1S/C22H20N2O5/c1-28-15-6-4-13(5-7-15)12-23-21(26)17-11-16-18(24-22(17)27)9-14(10-19(16)25)20-3-2-8-29-20/h2-8,11,14H,9-10,12H2,1H3,(H,23,26)(H,24,27)/t14-/m1/s1. The van der Waals surface area contributed by atoms with Crippen molar-refractivity contribution in [2.75, 3.05) is 7.11 Å². The summed E-state index contributed by atoms with van der Waals surface area (Å²) in [6, 6.07) is 12.2. The first-order valence-electron chi connectivity index (χ1n) is 9.29. The van der Waals surface area contributed by atoms with Gasteiger partial charge in [0.15, 0.2) is 5.78 Å². The van der Waals surface area contributed by atoms with Crippen molar-refractivity contribution in [3.8, 4) is 5.75 Å². The number of aromatic amines is 1. The molecular weight excluding hydrogens is 372 g/mol. The summed E-state index contributed by atoms with van der Waals surface area (Å²) in [6.07, 6.45) is 2.32. The van der Waals surface area contributed by atoms with E-state index in [9.17, 15) is 14.4 Å². The average Bonchev–Trinajstić information content (AvgIpc) is 3.27. The maximum atomic E-state index is 12.6. The third-order valence-electron chi connectivity index (χ3n) is 5.11. The van der Waals surface area contributed by atoms with Crippen LogP contribution in [0.1, 0.15) is 50.1 Å². The van der Waals surface area contributed by atoms with Crippen LogP contribution in [0.5, 0.6) is 5.75 Å². The van der Waals surface area contributed by atoms with Gasteiger partial charge in [0, 0.05) is 30.1 Å². The molecule has 2 N–H and O–H groups in total. The Bertz CT molecular complexity index is 1100. The monoisotopic (exact) mass is 392 g/mol. The molecule has 29 heavy (non-hydrogen) atoms. The summed E-state index contributed by atoms with van der Waals surface area (Å²) < 4.78 is 10.5. The van der Waals surface area contributed by atoms with Gasteiger partial charge >= 0.3 is 0 Å². The quantitative estimate of drug-likeness (QED) is 0.695. The first kappa shape index (κ1) is 18.7. The molecular formula is C22H20N2O5. The number of rotatable bonds is 5. The number of carbonyl (C=O) groups is 2. The lowest BCUT2D eigenvalue weighted by atomic mass is 9.84. The van der Waals surface area contributed by atoms with E-state index < -0.39 is 11.5 Å². The SMILES string of the molecule is COc1ccc(CNC(=O)c2cc3c([nH]c2=O)C[C@@H](c2ccco2)CC3=O)cc1. The highest BCUT2D eigenvalue weighted by Gasteiger charge is 2.30. The van der Waals surface area contributed by atoms with E-state index in [0.717, 1.165) is 11.3 Å². The predicted octanol–water partition coefficient (Wildman–Crippen LogP) is 2.82. The summed E-state index contributed by atoms with van der Waals surface area (Å²) in [6.45, 7) is 0.258. The Balaban J connectivity index is 1.51. The number of carbonyl (C=O) groups excluding carboxylic acids is 2. The molecule has 1 aromatic carbocycles. The van der Waals surface area contributed by atoms with Crippen molar-refractivity contribution in [3.05, 3.63) is 87.2 Å². The summed E-state index contributed by atoms with van der Waals surface area (Å²) in [5.74, 6) is 0.679. The van der Waals surface area contributed by atoms with Crippen molar-refractivity contribution in [2.45, 2.75) is 25.3 Å². The first-order chi connectivity index (χ1) is 14.0. The minimum Gasteiger partial charge on any atom is -0.497 e. The fourth-order valence-corrected chi connectivity index (χ4v) is 3.55. The molecule has 7 heteroatoms. The van der Waals surface area contributed by atoms with Gasteiger partial charge in [0.2, 0.25) is 0 Å². The number of furan rings is 1. The number of pyridine rings is 1. The number of hydrogen-bond acceptors (Lipinski definition) is 5. The van der Waals surface area contributed by atoms with Crippen molar-refractivity contribution in [1.29, 1.82) is 0 Å². The smallest absolute Gasteiger partial charge is 0.261 e. The highest BCUT2D eigenvalue weighted by molar-refractivity contribution is 6.02. The number of H-pyrrole nitrogens is 1. The van der Waals surface area contributed by atoms with Crippen LogP contribution in [0.15, 0.2) is 57.9 Å². The zero-order chi connectivity index (χ0) is 20.4. The van der Waals surface area contributed by atoms with E-state index in [4.69, 9.17) is 9.15 Å². The van der Waals surface area contributed by atoms with Crippen LogP contribution in [0.3, 0.4) is 0 Å². The summed E-state index contributed by atoms with van der Waals surface area (Å²) in [5.41, 5.74) is 1.22. The molecule has 2 aromatic heterocycles. The van der Waals surface area contributed by atoms with Crippen molar-refractivity contribution in [1.82, 2.24) is 10.3 Å². The van der Waals surface area contributed by atoms with Crippen LogP contribution < -0.4 is 15.6 Å². The van der Waals surface area contributed by atoms with E-state index in [0.29, 0.717) is 23.4 Å². The van der Waals surface area contributed by atoms with Gasteiger partial charge in [0.1, 0.15) is 17.1 Å². The molecule has 3 aromatic rings. The topological polar surface area (TPSA) is 101 Å². The summed E-state index contributed by atoms with van der Waals surface area (Å²) in [4.78, 5) is 40.3. The molecule has 0 aliphatic heterocycles. The van der Waals surface area contributed by atoms with Gasteiger partial charge in [-0.3, -0.25) is 14.4 Å². The highest BCUT2D eigenvalue weighted by Crippen LogP contribution is 2.31. The Morgan fingerprint density at radius 3 is 2.69 bits per heavy atom. The van der Waals surface area contributed by atoms with Crippen molar-refractivity contribution in [2.24, 2.45) is 0 Å². The molecule has 1 aliphatic carbocycles. The number of Topliss-reactive ketones (excluding diaryl/α,β-unsaturated/α-hetero) is 1. The number of nitrogens with one attached hydrogen (secondary N) is 2. The fourth-order valence-electron chi connectivity index (χ4n) is 3.55. The molecule has 0 fully saturated rings. The zero-order valence-electron chi connectivity index (χ0n) is 15.9. The Morgan fingerprint density at radius 1 is 1.21 bits per heavy atom. The predicted molar refractivity (Wildman–Crippen MR) is 105 cm³/mol. The van der Waals surface area contributed by atoms with Crippen LogP contribution in [0, 0.1) is 0 Å². The normalized spacial score (nSPS) is 15.6. The van der Waals surface area contributed by atoms with Gasteiger partial charge in [-0.25, -0.2) is 0 Å². The van der Waals surface area contributed by atoms with Gasteiger partial charge in [0.05, 0.1) is 13.4 Å². The second-order valence-electron chi connectivity index (χ2n) is 6.98. The molecule has 0 saturated carbocycles. The van der Waals surface area contributed by atoms with E-state index in [2.05, 4.69) is 10.3 Å². The number of ketones is 1.